The van der Waals surface area contributed by atoms with Crippen LogP contribution in [-0.2, 0) is 9.53 Å². The number of allylic oxidation sites excluding steroid dienone is 1. The highest BCUT2D eigenvalue weighted by atomic mass is 35.5. The summed E-state index contributed by atoms with van der Waals surface area (Å²) in [5, 5.41) is 0.724. The molecule has 0 saturated carbocycles. The van der Waals surface area contributed by atoms with Gasteiger partial charge in [-0.05, 0) is 49.8 Å². The molecule has 0 bridgehead atoms. The normalized spacial score (nSPS) is 15.5. The summed E-state index contributed by atoms with van der Waals surface area (Å²) in [7, 11) is 3.07. The molecule has 0 radical (unpaired) electrons. The third-order valence-electron chi connectivity index (χ3n) is 5.52. The summed E-state index contributed by atoms with van der Waals surface area (Å²) in [5.41, 5.74) is 1.53. The maximum Gasteiger partial charge on any atom is 0.338 e. The van der Waals surface area contributed by atoms with E-state index in [1.807, 2.05) is 0 Å². The lowest BCUT2D eigenvalue weighted by atomic mass is 9.94. The van der Waals surface area contributed by atoms with E-state index in [-0.39, 0.29) is 17.7 Å². The van der Waals surface area contributed by atoms with Crippen LogP contribution in [-0.4, -0.2) is 31.4 Å². The Labute approximate surface area is 215 Å². The van der Waals surface area contributed by atoms with Gasteiger partial charge in [0, 0.05) is 5.56 Å². The monoisotopic (exact) mass is 532 g/mol. The molecule has 7 nitrogen and oxygen atoms in total. The minimum atomic E-state index is -0.840. The maximum atomic E-state index is 13.7. The molecule has 2 aromatic carbocycles. The first-order chi connectivity index (χ1) is 16.8. The maximum absolute atomic E-state index is 13.7. The second-order valence-electron chi connectivity index (χ2n) is 7.55. The third kappa shape index (κ3) is 4.61. The van der Waals surface area contributed by atoms with Crippen LogP contribution in [0, 0.1) is 0 Å². The van der Waals surface area contributed by atoms with Crippen LogP contribution in [0.15, 0.2) is 57.5 Å². The van der Waals surface area contributed by atoms with Gasteiger partial charge in [0.05, 0.1) is 46.7 Å². The van der Waals surface area contributed by atoms with Gasteiger partial charge in [-0.15, -0.1) is 0 Å². The number of hydrogen-bond acceptors (Lipinski definition) is 7. The Hall–Kier alpha value is -3.07. The first-order valence-electron chi connectivity index (χ1n) is 10.7. The molecule has 0 N–H and O–H groups in total. The number of carbonyl (C=O) groups excluding carboxylic acids is 1. The van der Waals surface area contributed by atoms with E-state index in [1.54, 1.807) is 63.4 Å². The van der Waals surface area contributed by atoms with Crippen LogP contribution >= 0.6 is 34.5 Å². The zero-order chi connectivity index (χ0) is 25.3. The number of esters is 1. The fourth-order valence-electron chi connectivity index (χ4n) is 3.91. The van der Waals surface area contributed by atoms with E-state index in [4.69, 9.17) is 37.4 Å². The molecular formula is C25H22Cl2N2O5S. The van der Waals surface area contributed by atoms with E-state index in [2.05, 4.69) is 4.99 Å². The van der Waals surface area contributed by atoms with Crippen LogP contribution < -0.4 is 24.4 Å². The van der Waals surface area contributed by atoms with Crippen molar-refractivity contribution in [1.82, 2.24) is 4.57 Å². The van der Waals surface area contributed by atoms with Crippen molar-refractivity contribution in [3.05, 3.63) is 88.5 Å². The molecule has 0 amide bonds. The van der Waals surface area contributed by atoms with Gasteiger partial charge in [-0.2, -0.15) is 0 Å². The van der Waals surface area contributed by atoms with Crippen molar-refractivity contribution in [3.63, 3.8) is 0 Å². The standard InChI is InChI=1S/C25H22Cl2N2O5S/c1-5-34-24(31)20-13(2)28-25-29(22(20)16-12-15(32-3)9-10-18(16)33-4)23(30)19(35-25)11-14-7-6-8-17(26)21(14)27/h6-12,22H,5H2,1-4H3/b19-11+. The molecule has 0 spiro atoms. The highest BCUT2D eigenvalue weighted by molar-refractivity contribution is 7.07. The first-order valence-corrected chi connectivity index (χ1v) is 12.2. The fraction of sp³-hybridized carbons (Fsp3) is 0.240. The Balaban J connectivity index is 2.04. The van der Waals surface area contributed by atoms with E-state index in [9.17, 15) is 9.59 Å². The van der Waals surface area contributed by atoms with Gasteiger partial charge in [-0.3, -0.25) is 9.36 Å². The molecule has 1 aliphatic rings. The quantitative estimate of drug-likeness (QED) is 0.446. The lowest BCUT2D eigenvalue weighted by Crippen LogP contribution is -2.40. The van der Waals surface area contributed by atoms with E-state index >= 15 is 0 Å². The van der Waals surface area contributed by atoms with Crippen LogP contribution in [0.3, 0.4) is 0 Å². The van der Waals surface area contributed by atoms with E-state index < -0.39 is 12.0 Å². The molecule has 0 aliphatic carbocycles. The number of nitrogens with zero attached hydrogens (tertiary/aromatic N) is 2. The summed E-state index contributed by atoms with van der Waals surface area (Å²) in [6.07, 6.45) is 1.67. The van der Waals surface area contributed by atoms with Crippen molar-refractivity contribution < 1.29 is 19.0 Å². The van der Waals surface area contributed by atoms with E-state index in [1.165, 1.54) is 23.0 Å². The predicted octanol–water partition coefficient (Wildman–Crippen LogP) is 4.12. The number of halogens is 2. The molecule has 10 heteroatoms. The number of methoxy groups -OCH3 is 2. The van der Waals surface area contributed by atoms with Crippen molar-refractivity contribution in [2.24, 2.45) is 4.99 Å². The van der Waals surface area contributed by atoms with Crippen LogP contribution in [0.1, 0.15) is 31.0 Å². The number of thiazole rings is 1. The SMILES string of the molecule is CCOC(=O)C1=C(C)N=c2s/c(=C/c3cccc(Cl)c3Cl)c(=O)n2C1c1cc(OC)ccc1OC. The third-order valence-corrected chi connectivity index (χ3v) is 7.33. The molecule has 2 heterocycles. The number of hydrogen-bond donors (Lipinski definition) is 0. The highest BCUT2D eigenvalue weighted by Crippen LogP contribution is 2.37. The van der Waals surface area contributed by atoms with Crippen LogP contribution in [0.25, 0.3) is 6.08 Å². The topological polar surface area (TPSA) is 79.1 Å². The van der Waals surface area contributed by atoms with Crippen LogP contribution in [0.2, 0.25) is 10.0 Å². The first kappa shape index (κ1) is 25.0. The van der Waals surface area contributed by atoms with Gasteiger partial charge in [-0.25, -0.2) is 9.79 Å². The van der Waals surface area contributed by atoms with Crippen molar-refractivity contribution >= 4 is 46.6 Å². The molecule has 1 unspecified atom stereocenters. The van der Waals surface area contributed by atoms with Gasteiger partial charge in [0.1, 0.15) is 17.5 Å². The largest absolute Gasteiger partial charge is 0.497 e. The molecule has 3 aromatic rings. The smallest absolute Gasteiger partial charge is 0.338 e. The van der Waals surface area contributed by atoms with Crippen LogP contribution in [0.5, 0.6) is 11.5 Å². The Bertz CT molecular complexity index is 1520. The summed E-state index contributed by atoms with van der Waals surface area (Å²) in [5.74, 6) is 0.474. The molecule has 0 saturated heterocycles. The summed E-state index contributed by atoms with van der Waals surface area (Å²) in [6, 6.07) is 9.57. The van der Waals surface area contributed by atoms with Crippen molar-refractivity contribution in [2.75, 3.05) is 20.8 Å². The Morgan fingerprint density at radius 3 is 2.66 bits per heavy atom. The molecule has 35 heavy (non-hydrogen) atoms. The van der Waals surface area contributed by atoms with E-state index in [0.717, 1.165) is 0 Å². The summed E-state index contributed by atoms with van der Waals surface area (Å²) in [6.45, 7) is 3.62. The number of fused-ring (bicyclic) bond motifs is 1. The van der Waals surface area contributed by atoms with E-state index in [0.29, 0.717) is 47.7 Å². The van der Waals surface area contributed by atoms with Crippen molar-refractivity contribution in [1.29, 1.82) is 0 Å². The fourth-order valence-corrected chi connectivity index (χ4v) is 5.31. The molecule has 182 valence electrons. The van der Waals surface area contributed by atoms with Gasteiger partial charge < -0.3 is 14.2 Å². The van der Waals surface area contributed by atoms with Gasteiger partial charge >= 0.3 is 5.97 Å². The van der Waals surface area contributed by atoms with Gasteiger partial charge in [0.25, 0.3) is 5.56 Å². The minimum absolute atomic E-state index is 0.176. The predicted molar refractivity (Wildman–Crippen MR) is 136 cm³/mol. The minimum Gasteiger partial charge on any atom is -0.497 e. The number of carbonyl (C=O) groups is 1. The van der Waals surface area contributed by atoms with Crippen molar-refractivity contribution in [3.8, 4) is 11.5 Å². The Morgan fingerprint density at radius 1 is 1.20 bits per heavy atom. The zero-order valence-corrected chi connectivity index (χ0v) is 21.8. The lowest BCUT2D eigenvalue weighted by molar-refractivity contribution is -0.139. The lowest BCUT2D eigenvalue weighted by Gasteiger charge is -2.26. The Morgan fingerprint density at radius 2 is 1.97 bits per heavy atom. The van der Waals surface area contributed by atoms with Crippen LogP contribution in [0.4, 0.5) is 0 Å². The van der Waals surface area contributed by atoms with Gasteiger partial charge in [0.2, 0.25) is 0 Å². The van der Waals surface area contributed by atoms with Gasteiger partial charge in [0.15, 0.2) is 4.80 Å². The second kappa shape index (κ2) is 10.3. The Kier molecular flexibility index (Phi) is 7.35. The number of benzene rings is 2. The zero-order valence-electron chi connectivity index (χ0n) is 19.4. The molecular weight excluding hydrogens is 511 g/mol. The average molecular weight is 533 g/mol. The summed E-state index contributed by atoms with van der Waals surface area (Å²) < 4.78 is 18.2. The molecule has 1 aliphatic heterocycles. The summed E-state index contributed by atoms with van der Waals surface area (Å²) >= 11 is 13.7. The average Bonchev–Trinajstić information content (AvgIpc) is 3.15. The van der Waals surface area contributed by atoms with Crippen molar-refractivity contribution in [2.45, 2.75) is 19.9 Å². The molecule has 1 atom stereocenters. The van der Waals surface area contributed by atoms with Gasteiger partial charge in [-0.1, -0.05) is 46.7 Å². The summed E-state index contributed by atoms with van der Waals surface area (Å²) in [4.78, 5) is 31.8. The molecule has 1 aromatic heterocycles. The molecule has 4 rings (SSSR count). The highest BCUT2D eigenvalue weighted by Gasteiger charge is 2.35. The number of rotatable bonds is 6. The second-order valence-corrected chi connectivity index (χ2v) is 9.35. The number of aromatic nitrogens is 1. The number of ether oxygens (including phenoxy) is 3. The molecule has 0 fully saturated rings.